The highest BCUT2D eigenvalue weighted by atomic mass is 16.5. The van der Waals surface area contributed by atoms with E-state index in [-0.39, 0.29) is 5.91 Å². The lowest BCUT2D eigenvalue weighted by Gasteiger charge is -2.06. The second-order valence-corrected chi connectivity index (χ2v) is 4.28. The van der Waals surface area contributed by atoms with Crippen LogP contribution >= 0.6 is 0 Å². The second kappa shape index (κ2) is 6.19. The summed E-state index contributed by atoms with van der Waals surface area (Å²) in [4.78, 5) is 15.8. The number of rotatable bonds is 6. The molecule has 1 aromatic carbocycles. The van der Waals surface area contributed by atoms with Crippen LogP contribution in [0.5, 0.6) is 0 Å². The van der Waals surface area contributed by atoms with Crippen LogP contribution in [0.15, 0.2) is 24.5 Å². The van der Waals surface area contributed by atoms with Gasteiger partial charge in [0.15, 0.2) is 0 Å². The van der Waals surface area contributed by atoms with Crippen LogP contribution in [0.25, 0.3) is 11.0 Å². The van der Waals surface area contributed by atoms with Crippen molar-refractivity contribution in [3.8, 4) is 0 Å². The summed E-state index contributed by atoms with van der Waals surface area (Å²) >= 11 is 0. The Morgan fingerprint density at radius 2 is 2.37 bits per heavy atom. The first-order valence-electron chi connectivity index (χ1n) is 6.16. The summed E-state index contributed by atoms with van der Waals surface area (Å²) in [6.45, 7) is 1.66. The lowest BCUT2D eigenvalue weighted by atomic mass is 10.3. The van der Waals surface area contributed by atoms with Crippen LogP contribution in [0.4, 0.5) is 5.69 Å². The van der Waals surface area contributed by atoms with Gasteiger partial charge in [-0.25, -0.2) is 4.98 Å². The normalized spacial score (nSPS) is 10.8. The van der Waals surface area contributed by atoms with Crippen LogP contribution < -0.4 is 11.1 Å². The van der Waals surface area contributed by atoms with E-state index < -0.39 is 0 Å². The molecule has 0 atom stereocenters. The molecule has 19 heavy (non-hydrogen) atoms. The number of nitrogens with one attached hydrogen (secondary N) is 1. The first-order valence-corrected chi connectivity index (χ1v) is 6.16. The number of anilines is 1. The number of methoxy groups -OCH3 is 1. The van der Waals surface area contributed by atoms with Crippen LogP contribution in [0.2, 0.25) is 0 Å². The van der Waals surface area contributed by atoms with Crippen molar-refractivity contribution in [3.63, 3.8) is 0 Å². The summed E-state index contributed by atoms with van der Waals surface area (Å²) in [5.74, 6) is 0.00865. The van der Waals surface area contributed by atoms with E-state index in [1.54, 1.807) is 13.4 Å². The van der Waals surface area contributed by atoms with Crippen molar-refractivity contribution in [3.05, 3.63) is 24.5 Å². The largest absolute Gasteiger partial charge is 0.399 e. The second-order valence-electron chi connectivity index (χ2n) is 4.28. The van der Waals surface area contributed by atoms with Gasteiger partial charge in [0, 0.05) is 32.3 Å². The van der Waals surface area contributed by atoms with E-state index in [0.717, 1.165) is 11.0 Å². The van der Waals surface area contributed by atoms with Gasteiger partial charge in [-0.2, -0.15) is 0 Å². The lowest BCUT2D eigenvalue weighted by molar-refractivity contribution is -0.121. The van der Waals surface area contributed by atoms with Gasteiger partial charge in [-0.1, -0.05) is 0 Å². The molecule has 0 saturated carbocycles. The molecule has 2 rings (SSSR count). The topological polar surface area (TPSA) is 82.2 Å². The molecular weight excluding hydrogens is 244 g/mol. The van der Waals surface area contributed by atoms with E-state index in [2.05, 4.69) is 10.3 Å². The number of nitrogens with two attached hydrogens (primary N) is 1. The number of fused-ring (bicyclic) bond motifs is 1. The fourth-order valence-corrected chi connectivity index (χ4v) is 1.86. The number of nitrogens with zero attached hydrogens (tertiary/aromatic N) is 2. The Balaban J connectivity index is 1.93. The van der Waals surface area contributed by atoms with Crippen LogP contribution in [0, 0.1) is 0 Å². The lowest BCUT2D eigenvalue weighted by Crippen LogP contribution is -2.27. The molecule has 6 nitrogen and oxygen atoms in total. The summed E-state index contributed by atoms with van der Waals surface area (Å²) in [5.41, 5.74) is 8.22. The average Bonchev–Trinajstić information content (AvgIpc) is 2.79. The fraction of sp³-hybridized carbons (Fsp3) is 0.385. The van der Waals surface area contributed by atoms with Crippen LogP contribution in [-0.2, 0) is 16.1 Å². The Bertz CT molecular complexity index is 565. The van der Waals surface area contributed by atoms with Crippen molar-refractivity contribution in [1.82, 2.24) is 14.9 Å². The van der Waals surface area contributed by atoms with Gasteiger partial charge >= 0.3 is 0 Å². The van der Waals surface area contributed by atoms with Gasteiger partial charge in [0.1, 0.15) is 0 Å². The van der Waals surface area contributed by atoms with Crippen molar-refractivity contribution in [1.29, 1.82) is 0 Å². The van der Waals surface area contributed by atoms with E-state index in [1.165, 1.54) is 0 Å². The van der Waals surface area contributed by atoms with Gasteiger partial charge in [0.2, 0.25) is 5.91 Å². The number of amides is 1. The Morgan fingerprint density at radius 1 is 1.53 bits per heavy atom. The monoisotopic (exact) mass is 262 g/mol. The third-order valence-electron chi connectivity index (χ3n) is 2.85. The molecule has 6 heteroatoms. The smallest absolute Gasteiger partial charge is 0.221 e. The van der Waals surface area contributed by atoms with E-state index >= 15 is 0 Å². The summed E-state index contributed by atoms with van der Waals surface area (Å²) in [5, 5.41) is 2.79. The van der Waals surface area contributed by atoms with Crippen molar-refractivity contribution in [2.45, 2.75) is 13.0 Å². The van der Waals surface area contributed by atoms with E-state index in [1.807, 2.05) is 22.8 Å². The predicted octanol–water partition coefficient (Wildman–Crippen LogP) is 0.771. The minimum Gasteiger partial charge on any atom is -0.399 e. The van der Waals surface area contributed by atoms with E-state index in [0.29, 0.717) is 31.8 Å². The maximum absolute atomic E-state index is 11.6. The number of carbonyl (C=O) groups excluding carboxylic acids is 1. The molecule has 0 unspecified atom stereocenters. The molecule has 102 valence electrons. The minimum atomic E-state index is 0.00865. The van der Waals surface area contributed by atoms with Crippen LogP contribution in [0.1, 0.15) is 6.42 Å². The molecule has 0 aliphatic rings. The minimum absolute atomic E-state index is 0.00865. The number of carbonyl (C=O) groups is 1. The standard InChI is InChI=1S/C13H18N4O2/c1-19-7-5-15-13(18)4-6-17-9-16-11-8-10(14)2-3-12(11)17/h2-3,8-9H,4-7,14H2,1H3,(H,15,18). The number of hydrogen-bond donors (Lipinski definition) is 2. The van der Waals surface area contributed by atoms with Gasteiger partial charge < -0.3 is 20.4 Å². The molecule has 0 fully saturated rings. The Labute approximate surface area is 111 Å². The number of benzene rings is 1. The summed E-state index contributed by atoms with van der Waals surface area (Å²) in [7, 11) is 1.61. The number of aromatic nitrogens is 2. The highest BCUT2D eigenvalue weighted by Crippen LogP contribution is 2.16. The first kappa shape index (κ1) is 13.4. The summed E-state index contributed by atoms with van der Waals surface area (Å²) < 4.78 is 6.82. The first-order chi connectivity index (χ1) is 9.20. The summed E-state index contributed by atoms with van der Waals surface area (Å²) in [6.07, 6.45) is 2.14. The molecule has 0 aliphatic heterocycles. The van der Waals surface area contributed by atoms with Crippen LogP contribution in [0.3, 0.4) is 0 Å². The van der Waals surface area contributed by atoms with Crippen molar-refractivity contribution >= 4 is 22.6 Å². The molecule has 0 saturated heterocycles. The number of nitrogen functional groups attached to an aromatic ring is 1. The van der Waals surface area contributed by atoms with Gasteiger partial charge in [0.25, 0.3) is 0 Å². The van der Waals surface area contributed by atoms with Gasteiger partial charge in [-0.3, -0.25) is 4.79 Å². The molecule has 1 aromatic heterocycles. The third-order valence-corrected chi connectivity index (χ3v) is 2.85. The zero-order valence-electron chi connectivity index (χ0n) is 10.9. The SMILES string of the molecule is COCCNC(=O)CCn1cnc2cc(N)ccc21. The Hall–Kier alpha value is -2.08. The maximum Gasteiger partial charge on any atom is 0.221 e. The molecule has 2 aromatic rings. The molecule has 1 amide bonds. The van der Waals surface area contributed by atoms with Gasteiger partial charge in [-0.15, -0.1) is 0 Å². The highest BCUT2D eigenvalue weighted by molar-refractivity contribution is 5.79. The number of aryl methyl sites for hydroxylation is 1. The third kappa shape index (κ3) is 3.45. The molecular formula is C13H18N4O2. The number of hydrogen-bond acceptors (Lipinski definition) is 4. The van der Waals surface area contributed by atoms with E-state index in [4.69, 9.17) is 10.5 Å². The highest BCUT2D eigenvalue weighted by Gasteiger charge is 2.05. The zero-order chi connectivity index (χ0) is 13.7. The average molecular weight is 262 g/mol. The molecule has 0 aliphatic carbocycles. The van der Waals surface area contributed by atoms with E-state index in [9.17, 15) is 4.79 Å². The predicted molar refractivity (Wildman–Crippen MR) is 73.6 cm³/mol. The molecule has 0 radical (unpaired) electrons. The zero-order valence-corrected chi connectivity index (χ0v) is 10.9. The van der Waals surface area contributed by atoms with Crippen molar-refractivity contribution < 1.29 is 9.53 Å². The maximum atomic E-state index is 11.6. The van der Waals surface area contributed by atoms with Crippen LogP contribution in [-0.4, -0.2) is 35.7 Å². The number of imidazole rings is 1. The summed E-state index contributed by atoms with van der Waals surface area (Å²) in [6, 6.07) is 5.57. The fourth-order valence-electron chi connectivity index (χ4n) is 1.86. The van der Waals surface area contributed by atoms with Gasteiger partial charge in [0.05, 0.1) is 24.0 Å². The number of ether oxygens (including phenoxy) is 1. The Kier molecular flexibility index (Phi) is 4.35. The quantitative estimate of drug-likeness (QED) is 0.595. The van der Waals surface area contributed by atoms with Crippen molar-refractivity contribution in [2.24, 2.45) is 0 Å². The van der Waals surface area contributed by atoms with Crippen molar-refractivity contribution in [2.75, 3.05) is 26.0 Å². The molecule has 0 spiro atoms. The van der Waals surface area contributed by atoms with Gasteiger partial charge in [-0.05, 0) is 18.2 Å². The molecule has 0 bridgehead atoms. The Morgan fingerprint density at radius 3 is 3.16 bits per heavy atom. The molecule has 3 N–H and O–H groups in total. The molecule has 1 heterocycles.